The van der Waals surface area contributed by atoms with E-state index < -0.39 is 0 Å². The SMILES string of the molecule is Cc1[nH]c2ncccc2c1/C(N)=C/N(N)Cc1ccccc1. The zero-order chi connectivity index (χ0) is 15.5. The van der Waals surface area contributed by atoms with Crippen LogP contribution in [0.15, 0.2) is 54.9 Å². The Hall–Kier alpha value is -2.79. The van der Waals surface area contributed by atoms with Gasteiger partial charge in [0.1, 0.15) is 5.65 Å². The summed E-state index contributed by atoms with van der Waals surface area (Å²) >= 11 is 0. The first-order valence-electron chi connectivity index (χ1n) is 7.11. The molecule has 5 N–H and O–H groups in total. The molecule has 0 aliphatic carbocycles. The monoisotopic (exact) mass is 293 g/mol. The van der Waals surface area contributed by atoms with Gasteiger partial charge in [0.2, 0.25) is 0 Å². The molecule has 0 spiro atoms. The Balaban J connectivity index is 1.88. The van der Waals surface area contributed by atoms with Gasteiger partial charge in [-0.1, -0.05) is 30.3 Å². The molecule has 0 unspecified atom stereocenters. The summed E-state index contributed by atoms with van der Waals surface area (Å²) in [6, 6.07) is 13.9. The van der Waals surface area contributed by atoms with E-state index in [-0.39, 0.29) is 0 Å². The molecule has 0 fully saturated rings. The molecule has 112 valence electrons. The first-order chi connectivity index (χ1) is 10.6. The maximum absolute atomic E-state index is 6.25. The molecule has 5 heteroatoms. The Bertz CT molecular complexity index is 804. The van der Waals surface area contributed by atoms with Gasteiger partial charge in [0.15, 0.2) is 0 Å². The summed E-state index contributed by atoms with van der Waals surface area (Å²) in [7, 11) is 0. The summed E-state index contributed by atoms with van der Waals surface area (Å²) < 4.78 is 0. The Kier molecular flexibility index (Phi) is 3.80. The van der Waals surface area contributed by atoms with Crippen LogP contribution >= 0.6 is 0 Å². The largest absolute Gasteiger partial charge is 0.397 e. The van der Waals surface area contributed by atoms with Gasteiger partial charge in [0.05, 0.1) is 12.2 Å². The second-order valence-electron chi connectivity index (χ2n) is 5.27. The molecule has 2 heterocycles. The van der Waals surface area contributed by atoms with Gasteiger partial charge in [0, 0.05) is 29.0 Å². The van der Waals surface area contributed by atoms with Crippen molar-refractivity contribution in [3.63, 3.8) is 0 Å². The van der Waals surface area contributed by atoms with Crippen molar-refractivity contribution in [1.82, 2.24) is 15.0 Å². The minimum atomic E-state index is 0.598. The van der Waals surface area contributed by atoms with E-state index in [1.54, 1.807) is 17.4 Å². The number of nitrogens with two attached hydrogens (primary N) is 2. The fourth-order valence-electron chi connectivity index (χ4n) is 2.60. The predicted molar refractivity (Wildman–Crippen MR) is 89.2 cm³/mol. The van der Waals surface area contributed by atoms with Gasteiger partial charge in [-0.25, -0.2) is 10.8 Å². The molecule has 0 amide bonds. The van der Waals surface area contributed by atoms with Crippen LogP contribution in [0.1, 0.15) is 16.8 Å². The third-order valence-corrected chi connectivity index (χ3v) is 3.56. The van der Waals surface area contributed by atoms with Crippen molar-refractivity contribution in [2.24, 2.45) is 11.6 Å². The van der Waals surface area contributed by atoms with Gasteiger partial charge < -0.3 is 15.7 Å². The molecule has 0 saturated carbocycles. The minimum Gasteiger partial charge on any atom is -0.397 e. The van der Waals surface area contributed by atoms with E-state index in [2.05, 4.69) is 9.97 Å². The number of H-pyrrole nitrogens is 1. The summed E-state index contributed by atoms with van der Waals surface area (Å²) in [5.41, 5.74) is 10.8. The fraction of sp³-hybridized carbons (Fsp3) is 0.118. The Morgan fingerprint density at radius 2 is 2.00 bits per heavy atom. The predicted octanol–water partition coefficient (Wildman–Crippen LogP) is 2.50. The molecule has 0 saturated heterocycles. The van der Waals surface area contributed by atoms with E-state index in [9.17, 15) is 0 Å². The summed E-state index contributed by atoms with van der Waals surface area (Å²) in [5, 5.41) is 2.60. The number of aromatic nitrogens is 2. The van der Waals surface area contributed by atoms with Crippen molar-refractivity contribution < 1.29 is 0 Å². The minimum absolute atomic E-state index is 0.598. The molecule has 5 nitrogen and oxygen atoms in total. The highest BCUT2D eigenvalue weighted by atomic mass is 15.4. The molecular formula is C17H19N5. The number of nitrogens with zero attached hydrogens (tertiary/aromatic N) is 2. The van der Waals surface area contributed by atoms with Crippen LogP contribution in [0.4, 0.5) is 0 Å². The molecule has 0 aliphatic rings. The highest BCUT2D eigenvalue weighted by molar-refractivity contribution is 5.91. The Labute approximate surface area is 129 Å². The van der Waals surface area contributed by atoms with Crippen molar-refractivity contribution in [3.8, 4) is 0 Å². The first-order valence-corrected chi connectivity index (χ1v) is 7.11. The van der Waals surface area contributed by atoms with Gasteiger partial charge in [-0.2, -0.15) is 0 Å². The second-order valence-corrected chi connectivity index (χ2v) is 5.27. The molecule has 0 radical (unpaired) electrons. The van der Waals surface area contributed by atoms with Gasteiger partial charge in [-0.3, -0.25) is 0 Å². The normalized spacial score (nSPS) is 11.8. The van der Waals surface area contributed by atoms with Crippen molar-refractivity contribution in [3.05, 3.63) is 71.7 Å². The molecule has 3 rings (SSSR count). The van der Waals surface area contributed by atoms with Crippen LogP contribution in [-0.4, -0.2) is 15.0 Å². The third kappa shape index (κ3) is 2.80. The maximum atomic E-state index is 6.25. The van der Waals surface area contributed by atoms with Gasteiger partial charge in [-0.05, 0) is 24.6 Å². The highest BCUT2D eigenvalue weighted by Gasteiger charge is 2.11. The van der Waals surface area contributed by atoms with Gasteiger partial charge in [0.25, 0.3) is 0 Å². The lowest BCUT2D eigenvalue weighted by Gasteiger charge is -2.15. The van der Waals surface area contributed by atoms with Gasteiger partial charge >= 0.3 is 0 Å². The average Bonchev–Trinajstić information content (AvgIpc) is 2.83. The van der Waals surface area contributed by atoms with Crippen LogP contribution in [0.3, 0.4) is 0 Å². The number of hydrogen-bond acceptors (Lipinski definition) is 4. The third-order valence-electron chi connectivity index (χ3n) is 3.56. The molecule has 2 aromatic heterocycles. The quantitative estimate of drug-likeness (QED) is 0.510. The standard InChI is InChI=1S/C17H19N5/c1-12-16(14-8-5-9-20-17(14)21-12)15(18)11-22(19)10-13-6-3-2-4-7-13/h2-9,11H,10,18-19H2,1H3,(H,20,21)/b15-11-. The average molecular weight is 293 g/mol. The van der Waals surface area contributed by atoms with Crippen LogP contribution in [0.25, 0.3) is 16.7 Å². The number of aryl methyl sites for hydroxylation is 1. The van der Waals surface area contributed by atoms with Crippen LogP contribution in [0.2, 0.25) is 0 Å². The number of fused-ring (bicyclic) bond motifs is 1. The van der Waals surface area contributed by atoms with Crippen molar-refractivity contribution in [2.45, 2.75) is 13.5 Å². The molecule has 3 aromatic rings. The van der Waals surface area contributed by atoms with E-state index in [1.807, 2.05) is 49.4 Å². The van der Waals surface area contributed by atoms with Crippen LogP contribution in [0.5, 0.6) is 0 Å². The zero-order valence-corrected chi connectivity index (χ0v) is 12.5. The summed E-state index contributed by atoms with van der Waals surface area (Å²) in [4.78, 5) is 7.55. The fourth-order valence-corrected chi connectivity index (χ4v) is 2.60. The smallest absolute Gasteiger partial charge is 0.138 e. The molecular weight excluding hydrogens is 274 g/mol. The van der Waals surface area contributed by atoms with Crippen molar-refractivity contribution >= 4 is 16.7 Å². The molecule has 22 heavy (non-hydrogen) atoms. The summed E-state index contributed by atoms with van der Waals surface area (Å²) in [5.74, 6) is 6.06. The zero-order valence-electron chi connectivity index (χ0n) is 12.5. The summed E-state index contributed by atoms with van der Waals surface area (Å²) in [6.45, 7) is 2.58. The number of aromatic amines is 1. The molecule has 0 bridgehead atoms. The van der Waals surface area contributed by atoms with E-state index >= 15 is 0 Å². The Morgan fingerprint density at radius 3 is 2.77 bits per heavy atom. The van der Waals surface area contributed by atoms with E-state index in [4.69, 9.17) is 11.6 Å². The van der Waals surface area contributed by atoms with E-state index in [0.717, 1.165) is 27.9 Å². The lowest BCUT2D eigenvalue weighted by atomic mass is 10.1. The number of benzene rings is 1. The second kappa shape index (κ2) is 5.91. The maximum Gasteiger partial charge on any atom is 0.138 e. The number of pyridine rings is 1. The number of rotatable bonds is 4. The topological polar surface area (TPSA) is 84.0 Å². The molecule has 1 aromatic carbocycles. The van der Waals surface area contributed by atoms with Crippen LogP contribution in [0, 0.1) is 6.92 Å². The number of hydrazine groups is 1. The lowest BCUT2D eigenvalue weighted by molar-refractivity contribution is 0.388. The number of hydrogen-bond donors (Lipinski definition) is 3. The highest BCUT2D eigenvalue weighted by Crippen LogP contribution is 2.24. The van der Waals surface area contributed by atoms with E-state index in [0.29, 0.717) is 12.2 Å². The van der Waals surface area contributed by atoms with E-state index in [1.165, 1.54) is 0 Å². The Morgan fingerprint density at radius 1 is 1.23 bits per heavy atom. The number of nitrogens with one attached hydrogen (secondary N) is 1. The van der Waals surface area contributed by atoms with Crippen molar-refractivity contribution in [2.75, 3.05) is 0 Å². The van der Waals surface area contributed by atoms with Crippen LogP contribution < -0.4 is 11.6 Å². The lowest BCUT2D eigenvalue weighted by Crippen LogP contribution is -2.25. The molecule has 0 atom stereocenters. The molecule has 0 aliphatic heterocycles. The van der Waals surface area contributed by atoms with Crippen LogP contribution in [-0.2, 0) is 6.54 Å². The van der Waals surface area contributed by atoms with Crippen molar-refractivity contribution in [1.29, 1.82) is 0 Å². The first kappa shape index (κ1) is 14.2. The summed E-state index contributed by atoms with van der Waals surface area (Å²) in [6.07, 6.45) is 3.52. The van der Waals surface area contributed by atoms with Gasteiger partial charge in [-0.15, -0.1) is 0 Å².